The normalized spacial score (nSPS) is 11.5. The number of oxazole rings is 1. The molecule has 0 saturated carbocycles. The Bertz CT molecular complexity index is 1340. The molecule has 0 atom stereocenters. The number of benzene rings is 2. The third kappa shape index (κ3) is 4.51. The Balaban J connectivity index is 1.72. The van der Waals surface area contributed by atoms with Gasteiger partial charge in [-0.2, -0.15) is 0 Å². The van der Waals surface area contributed by atoms with Gasteiger partial charge in [0.25, 0.3) is 0 Å². The fraction of sp³-hybridized carbons (Fsp3) is 0.375. The maximum absolute atomic E-state index is 13.6. The quantitative estimate of drug-likeness (QED) is 0.371. The molecule has 0 aliphatic heterocycles. The Morgan fingerprint density at radius 2 is 1.91 bits per heavy atom. The van der Waals surface area contributed by atoms with Crippen LogP contribution in [0.3, 0.4) is 0 Å². The van der Waals surface area contributed by atoms with Gasteiger partial charge in [0.05, 0.1) is 17.3 Å². The molecule has 2 aromatic heterocycles. The summed E-state index contributed by atoms with van der Waals surface area (Å²) in [6.07, 6.45) is 0. The van der Waals surface area contributed by atoms with E-state index in [0.717, 1.165) is 28.9 Å². The summed E-state index contributed by atoms with van der Waals surface area (Å²) in [5.74, 6) is -0.0900. The zero-order chi connectivity index (χ0) is 23.5. The summed E-state index contributed by atoms with van der Waals surface area (Å²) in [4.78, 5) is 34.7. The first-order chi connectivity index (χ1) is 16.0. The Kier molecular flexibility index (Phi) is 6.80. The predicted octanol–water partition coefficient (Wildman–Crippen LogP) is 3.90. The molecule has 0 unspecified atom stereocenters. The number of thiazole rings is 1. The lowest BCUT2D eigenvalue weighted by molar-refractivity contribution is -0.119. The van der Waals surface area contributed by atoms with E-state index in [4.69, 9.17) is 14.1 Å². The molecular weight excluding hydrogens is 440 g/mol. The van der Waals surface area contributed by atoms with E-state index in [-0.39, 0.29) is 12.5 Å². The molecule has 2 heterocycles. The predicted molar refractivity (Wildman–Crippen MR) is 132 cm³/mol. The van der Waals surface area contributed by atoms with E-state index in [0.29, 0.717) is 35.1 Å². The molecule has 0 radical (unpaired) electrons. The number of hydrogen-bond donors (Lipinski definition) is 0. The molecule has 2 aromatic carbocycles. The van der Waals surface area contributed by atoms with Gasteiger partial charge in [-0.3, -0.25) is 14.3 Å². The molecule has 0 fully saturated rings. The molecule has 0 spiro atoms. The number of rotatable bonds is 9. The number of ether oxygens (including phenoxy) is 1. The third-order valence-electron chi connectivity index (χ3n) is 5.85. The maximum Gasteiger partial charge on any atom is 0.420 e. The third-order valence-corrected chi connectivity index (χ3v) is 7.06. The number of amides is 1. The second-order valence-electron chi connectivity index (χ2n) is 7.75. The largest absolute Gasteiger partial charge is 0.494 e. The molecule has 4 aromatic rings. The summed E-state index contributed by atoms with van der Waals surface area (Å²) in [7, 11) is 1.61. The van der Waals surface area contributed by atoms with Crippen LogP contribution >= 0.6 is 11.3 Å². The highest BCUT2D eigenvalue weighted by atomic mass is 32.1. The van der Waals surface area contributed by atoms with Gasteiger partial charge in [0.15, 0.2) is 10.7 Å². The molecule has 0 aliphatic carbocycles. The summed E-state index contributed by atoms with van der Waals surface area (Å²) >= 11 is 1.46. The Morgan fingerprint density at radius 1 is 1.15 bits per heavy atom. The minimum absolute atomic E-state index is 0.125. The van der Waals surface area contributed by atoms with Gasteiger partial charge in [-0.15, -0.1) is 0 Å². The molecule has 0 N–H and O–H groups in total. The van der Waals surface area contributed by atoms with E-state index in [9.17, 15) is 9.59 Å². The average Bonchev–Trinajstić information content (AvgIpc) is 3.39. The Labute approximate surface area is 196 Å². The summed E-state index contributed by atoms with van der Waals surface area (Å²) in [6.45, 7) is 9.02. The van der Waals surface area contributed by atoms with Crippen LogP contribution in [0.15, 0.2) is 45.6 Å². The van der Waals surface area contributed by atoms with Gasteiger partial charge in [-0.1, -0.05) is 43.4 Å². The van der Waals surface area contributed by atoms with Crippen molar-refractivity contribution in [1.29, 1.82) is 0 Å². The molecule has 4 rings (SSSR count). The number of para-hydroxylation sites is 2. The van der Waals surface area contributed by atoms with Crippen molar-refractivity contribution in [1.82, 2.24) is 14.5 Å². The maximum atomic E-state index is 13.6. The van der Waals surface area contributed by atoms with Crippen molar-refractivity contribution in [3.63, 3.8) is 0 Å². The summed E-state index contributed by atoms with van der Waals surface area (Å²) < 4.78 is 13.2. The van der Waals surface area contributed by atoms with Gasteiger partial charge in [0.2, 0.25) is 5.91 Å². The number of nitrogens with zero attached hydrogens (tertiary/aromatic N) is 4. The van der Waals surface area contributed by atoms with Gasteiger partial charge in [-0.25, -0.2) is 9.78 Å². The van der Waals surface area contributed by atoms with Crippen LogP contribution in [-0.2, 0) is 11.3 Å². The molecule has 0 bridgehead atoms. The first-order valence-corrected chi connectivity index (χ1v) is 11.8. The molecule has 0 aliphatic rings. The lowest BCUT2D eigenvalue weighted by Crippen LogP contribution is -2.41. The second-order valence-corrected chi connectivity index (χ2v) is 8.73. The monoisotopic (exact) mass is 468 g/mol. The topological polar surface area (TPSA) is 80.8 Å². The molecule has 174 valence electrons. The van der Waals surface area contributed by atoms with E-state index in [2.05, 4.69) is 18.7 Å². The van der Waals surface area contributed by atoms with Gasteiger partial charge >= 0.3 is 5.76 Å². The number of carbonyl (C=O) groups is 1. The van der Waals surface area contributed by atoms with Crippen molar-refractivity contribution in [2.24, 2.45) is 0 Å². The zero-order valence-corrected chi connectivity index (χ0v) is 20.1. The van der Waals surface area contributed by atoms with E-state index < -0.39 is 5.76 Å². The smallest absolute Gasteiger partial charge is 0.420 e. The van der Waals surface area contributed by atoms with Crippen molar-refractivity contribution in [3.8, 4) is 5.75 Å². The molecule has 9 heteroatoms. The number of aromatic nitrogens is 2. The summed E-state index contributed by atoms with van der Waals surface area (Å²) in [5.41, 5.74) is 2.87. The number of likely N-dealkylation sites (N-methyl/N-ethyl adjacent to an activating group) is 1. The number of methoxy groups -OCH3 is 1. The minimum Gasteiger partial charge on any atom is -0.494 e. The molecule has 1 amide bonds. The van der Waals surface area contributed by atoms with Crippen LogP contribution < -0.4 is 15.4 Å². The lowest BCUT2D eigenvalue weighted by Gasteiger charge is -2.24. The number of aryl methyl sites for hydroxylation is 1. The van der Waals surface area contributed by atoms with Gasteiger partial charge < -0.3 is 14.1 Å². The van der Waals surface area contributed by atoms with Crippen LogP contribution in [0.1, 0.15) is 19.4 Å². The molecular formula is C24H28N4O4S. The van der Waals surface area contributed by atoms with E-state index >= 15 is 0 Å². The van der Waals surface area contributed by atoms with E-state index in [1.165, 1.54) is 15.9 Å². The van der Waals surface area contributed by atoms with Crippen LogP contribution in [0.25, 0.3) is 21.3 Å². The van der Waals surface area contributed by atoms with Crippen LogP contribution in [0.4, 0.5) is 5.13 Å². The Morgan fingerprint density at radius 3 is 2.64 bits per heavy atom. The van der Waals surface area contributed by atoms with Crippen LogP contribution in [-0.4, -0.2) is 53.6 Å². The zero-order valence-electron chi connectivity index (χ0n) is 19.3. The standard InChI is InChI=1S/C24H28N4O4S/c1-5-26(6-2)13-14-27(23-25-21-19(31-4)12-11-16(3)22(21)33-23)20(29)15-28-17-9-7-8-10-18(17)32-24(28)30/h7-12H,5-6,13-15H2,1-4H3. The summed E-state index contributed by atoms with van der Waals surface area (Å²) in [5, 5.41) is 0.593. The average molecular weight is 469 g/mol. The van der Waals surface area contributed by atoms with Crippen LogP contribution in [0.2, 0.25) is 0 Å². The highest BCUT2D eigenvalue weighted by Gasteiger charge is 2.24. The molecule has 33 heavy (non-hydrogen) atoms. The molecule has 8 nitrogen and oxygen atoms in total. The highest BCUT2D eigenvalue weighted by Crippen LogP contribution is 2.36. The summed E-state index contributed by atoms with van der Waals surface area (Å²) in [6, 6.07) is 11.0. The molecule has 0 saturated heterocycles. The van der Waals surface area contributed by atoms with Gasteiger partial charge in [0.1, 0.15) is 17.8 Å². The van der Waals surface area contributed by atoms with Crippen molar-refractivity contribution in [3.05, 3.63) is 52.5 Å². The minimum atomic E-state index is -0.546. The van der Waals surface area contributed by atoms with Gasteiger partial charge in [0, 0.05) is 13.1 Å². The van der Waals surface area contributed by atoms with Crippen molar-refractivity contribution in [2.45, 2.75) is 27.3 Å². The lowest BCUT2D eigenvalue weighted by atomic mass is 10.2. The van der Waals surface area contributed by atoms with Crippen molar-refractivity contribution < 1.29 is 13.9 Å². The Hall–Kier alpha value is -3.17. The highest BCUT2D eigenvalue weighted by molar-refractivity contribution is 7.22. The number of fused-ring (bicyclic) bond motifs is 2. The fourth-order valence-electron chi connectivity index (χ4n) is 3.87. The van der Waals surface area contributed by atoms with Crippen molar-refractivity contribution >= 4 is 43.7 Å². The van der Waals surface area contributed by atoms with Gasteiger partial charge in [-0.05, 0) is 43.8 Å². The number of carbonyl (C=O) groups excluding carboxylic acids is 1. The van der Waals surface area contributed by atoms with Crippen LogP contribution in [0.5, 0.6) is 5.75 Å². The number of anilines is 1. The second kappa shape index (κ2) is 9.76. The van der Waals surface area contributed by atoms with E-state index in [1.54, 1.807) is 30.2 Å². The van der Waals surface area contributed by atoms with E-state index in [1.807, 2.05) is 25.1 Å². The first-order valence-electron chi connectivity index (χ1n) is 11.0. The number of hydrogen-bond acceptors (Lipinski definition) is 7. The van der Waals surface area contributed by atoms with Crippen LogP contribution in [0, 0.1) is 6.92 Å². The fourth-order valence-corrected chi connectivity index (χ4v) is 4.97. The first kappa shape index (κ1) is 23.0. The van der Waals surface area contributed by atoms with Crippen molar-refractivity contribution in [2.75, 3.05) is 38.2 Å². The SMILES string of the molecule is CCN(CC)CCN(C(=O)Cn1c(=O)oc2ccccc21)c1nc2c(OC)ccc(C)c2s1.